The Balaban J connectivity index is 1.54. The molecule has 0 spiro atoms. The van der Waals surface area contributed by atoms with E-state index in [1.165, 1.54) is 23.5 Å². The molecule has 1 heterocycles. The molecule has 2 aromatic carbocycles. The molecule has 1 aliphatic heterocycles. The summed E-state index contributed by atoms with van der Waals surface area (Å²) < 4.78 is 37.4. The molecule has 1 fully saturated rings. The van der Waals surface area contributed by atoms with E-state index in [2.05, 4.69) is 5.32 Å². The number of ether oxygens (including phenoxy) is 2. The van der Waals surface area contributed by atoms with Gasteiger partial charge in [-0.05, 0) is 36.4 Å². The second-order valence-electron chi connectivity index (χ2n) is 6.90. The highest BCUT2D eigenvalue weighted by atomic mass is 35.5. The van der Waals surface area contributed by atoms with Crippen LogP contribution in [0.3, 0.4) is 0 Å². The first kappa shape index (κ1) is 22.4. The number of methoxy groups -OCH3 is 2. The number of amides is 1. The van der Waals surface area contributed by atoms with Gasteiger partial charge in [0.2, 0.25) is 10.0 Å². The van der Waals surface area contributed by atoms with Gasteiger partial charge in [0.05, 0.1) is 45.3 Å². The van der Waals surface area contributed by atoms with E-state index in [9.17, 15) is 13.2 Å². The fourth-order valence-corrected chi connectivity index (χ4v) is 4.89. The number of halogens is 1. The lowest BCUT2D eigenvalue weighted by Crippen LogP contribution is -3.15. The molecule has 0 aromatic heterocycles. The van der Waals surface area contributed by atoms with E-state index in [1.807, 2.05) is 0 Å². The summed E-state index contributed by atoms with van der Waals surface area (Å²) in [6, 6.07) is 11.3. The lowest BCUT2D eigenvalue weighted by molar-refractivity contribution is -0.895. The molecule has 0 radical (unpaired) electrons. The molecule has 0 unspecified atom stereocenters. The number of piperazine rings is 1. The predicted octanol–water partition coefficient (Wildman–Crippen LogP) is 0.885. The Bertz CT molecular complexity index is 990. The summed E-state index contributed by atoms with van der Waals surface area (Å²) in [7, 11) is -0.478. The van der Waals surface area contributed by atoms with Crippen molar-refractivity contribution < 1.29 is 27.6 Å². The van der Waals surface area contributed by atoms with Gasteiger partial charge in [0, 0.05) is 16.8 Å². The molecule has 2 aromatic rings. The molecule has 0 atom stereocenters. The first-order valence-electron chi connectivity index (χ1n) is 9.44. The molecular formula is C20H25ClN3O5S+. The summed E-state index contributed by atoms with van der Waals surface area (Å²) in [6.07, 6.45) is 0. The Kier molecular flexibility index (Phi) is 7.19. The summed E-state index contributed by atoms with van der Waals surface area (Å²) in [5, 5.41) is 3.34. The van der Waals surface area contributed by atoms with Crippen LogP contribution in [0.1, 0.15) is 0 Å². The number of anilines is 1. The van der Waals surface area contributed by atoms with Gasteiger partial charge in [-0.2, -0.15) is 4.31 Å². The van der Waals surface area contributed by atoms with E-state index in [0.29, 0.717) is 48.4 Å². The number of nitrogens with one attached hydrogen (secondary N) is 2. The van der Waals surface area contributed by atoms with Gasteiger partial charge in [-0.25, -0.2) is 8.42 Å². The van der Waals surface area contributed by atoms with Crippen LogP contribution in [0.2, 0.25) is 5.02 Å². The largest absolute Gasteiger partial charge is 0.493 e. The lowest BCUT2D eigenvalue weighted by atomic mass is 10.2. The number of carbonyl (C=O) groups is 1. The fourth-order valence-electron chi connectivity index (χ4n) is 3.32. The Hall–Kier alpha value is -2.33. The van der Waals surface area contributed by atoms with Crippen LogP contribution in [-0.2, 0) is 14.8 Å². The normalized spacial score (nSPS) is 15.6. The lowest BCUT2D eigenvalue weighted by Gasteiger charge is -2.31. The second kappa shape index (κ2) is 9.65. The monoisotopic (exact) mass is 454 g/mol. The van der Waals surface area contributed by atoms with Crippen LogP contribution < -0.4 is 19.7 Å². The zero-order valence-electron chi connectivity index (χ0n) is 16.9. The molecule has 10 heteroatoms. The SMILES string of the molecule is COc1ccc(NC(=O)C[NH+]2CCN(S(=O)(=O)c3ccc(Cl)cc3)CC2)cc1OC. The van der Waals surface area contributed by atoms with Crippen LogP contribution in [0.25, 0.3) is 0 Å². The first-order valence-corrected chi connectivity index (χ1v) is 11.3. The summed E-state index contributed by atoms with van der Waals surface area (Å²) in [4.78, 5) is 13.7. The summed E-state index contributed by atoms with van der Waals surface area (Å²) >= 11 is 5.84. The Morgan fingerprint density at radius 2 is 1.70 bits per heavy atom. The Labute approximate surface area is 181 Å². The van der Waals surface area contributed by atoms with Gasteiger partial charge in [0.15, 0.2) is 18.0 Å². The maximum atomic E-state index is 12.8. The summed E-state index contributed by atoms with van der Waals surface area (Å²) in [5.74, 6) is 0.967. The van der Waals surface area contributed by atoms with E-state index in [4.69, 9.17) is 21.1 Å². The molecule has 1 amide bonds. The van der Waals surface area contributed by atoms with E-state index >= 15 is 0 Å². The minimum absolute atomic E-state index is 0.147. The molecule has 0 bridgehead atoms. The number of benzene rings is 2. The molecule has 8 nitrogen and oxygen atoms in total. The zero-order valence-corrected chi connectivity index (χ0v) is 18.4. The summed E-state index contributed by atoms with van der Waals surface area (Å²) in [5.41, 5.74) is 0.612. The first-order chi connectivity index (χ1) is 14.3. The zero-order chi connectivity index (χ0) is 21.7. The van der Waals surface area contributed by atoms with Gasteiger partial charge >= 0.3 is 0 Å². The molecule has 162 valence electrons. The highest BCUT2D eigenvalue weighted by Crippen LogP contribution is 2.29. The van der Waals surface area contributed by atoms with Gasteiger partial charge in [-0.1, -0.05) is 11.6 Å². The second-order valence-corrected chi connectivity index (χ2v) is 9.28. The van der Waals surface area contributed by atoms with Crippen molar-refractivity contribution in [3.63, 3.8) is 0 Å². The highest BCUT2D eigenvalue weighted by Gasteiger charge is 2.31. The van der Waals surface area contributed by atoms with Crippen molar-refractivity contribution in [2.45, 2.75) is 4.90 Å². The third-order valence-corrected chi connectivity index (χ3v) is 7.12. The fraction of sp³-hybridized carbons (Fsp3) is 0.350. The van der Waals surface area contributed by atoms with Gasteiger partial charge < -0.3 is 19.7 Å². The summed E-state index contributed by atoms with van der Waals surface area (Å²) in [6.45, 7) is 2.05. The number of quaternary nitrogens is 1. The van der Waals surface area contributed by atoms with Crippen molar-refractivity contribution in [1.82, 2.24) is 4.31 Å². The van der Waals surface area contributed by atoms with Gasteiger partial charge in [-0.15, -0.1) is 0 Å². The average molecular weight is 455 g/mol. The molecule has 30 heavy (non-hydrogen) atoms. The number of sulfonamides is 1. The third-order valence-electron chi connectivity index (χ3n) is 4.96. The van der Waals surface area contributed by atoms with Crippen LogP contribution in [0.5, 0.6) is 11.5 Å². The van der Waals surface area contributed by atoms with E-state index in [0.717, 1.165) is 4.90 Å². The van der Waals surface area contributed by atoms with E-state index in [-0.39, 0.29) is 17.3 Å². The number of rotatable bonds is 7. The van der Waals surface area contributed by atoms with Crippen molar-refractivity contribution in [2.24, 2.45) is 0 Å². The number of hydrogen-bond acceptors (Lipinski definition) is 5. The van der Waals surface area contributed by atoms with Crippen LogP contribution in [0.15, 0.2) is 47.4 Å². The van der Waals surface area contributed by atoms with Crippen LogP contribution in [-0.4, -0.2) is 65.6 Å². The predicted molar refractivity (Wildman–Crippen MR) is 114 cm³/mol. The molecule has 0 aliphatic carbocycles. The molecule has 1 aliphatic rings. The minimum atomic E-state index is -3.56. The molecule has 0 saturated carbocycles. The Morgan fingerprint density at radius 1 is 1.07 bits per heavy atom. The Morgan fingerprint density at radius 3 is 2.30 bits per heavy atom. The van der Waals surface area contributed by atoms with Crippen LogP contribution in [0.4, 0.5) is 5.69 Å². The standard InChI is InChI=1S/C20H24ClN3O5S/c1-28-18-8-5-16(13-19(18)29-2)22-20(25)14-23-9-11-24(12-10-23)30(26,27)17-6-3-15(21)4-7-17/h3-8,13H,9-12,14H2,1-2H3,(H,22,25)/p+1. The third kappa shape index (κ3) is 5.23. The van der Waals surface area contributed by atoms with Crippen molar-refractivity contribution >= 4 is 33.2 Å². The van der Waals surface area contributed by atoms with Crippen molar-refractivity contribution in [3.8, 4) is 11.5 Å². The minimum Gasteiger partial charge on any atom is -0.493 e. The van der Waals surface area contributed by atoms with Crippen LogP contribution in [0, 0.1) is 0 Å². The molecule has 1 saturated heterocycles. The van der Waals surface area contributed by atoms with Crippen molar-refractivity contribution in [3.05, 3.63) is 47.5 Å². The highest BCUT2D eigenvalue weighted by molar-refractivity contribution is 7.89. The number of carbonyl (C=O) groups excluding carboxylic acids is 1. The van der Waals surface area contributed by atoms with E-state index in [1.54, 1.807) is 37.4 Å². The molecule has 2 N–H and O–H groups in total. The smallest absolute Gasteiger partial charge is 0.279 e. The van der Waals surface area contributed by atoms with Crippen LogP contribution >= 0.6 is 11.6 Å². The van der Waals surface area contributed by atoms with Gasteiger partial charge in [0.1, 0.15) is 0 Å². The average Bonchev–Trinajstić information content (AvgIpc) is 2.74. The van der Waals surface area contributed by atoms with Gasteiger partial charge in [-0.3, -0.25) is 4.79 Å². The molecular weight excluding hydrogens is 430 g/mol. The topological polar surface area (TPSA) is 89.4 Å². The number of nitrogens with zero attached hydrogens (tertiary/aromatic N) is 1. The van der Waals surface area contributed by atoms with Crippen molar-refractivity contribution in [2.75, 3.05) is 52.3 Å². The van der Waals surface area contributed by atoms with Crippen molar-refractivity contribution in [1.29, 1.82) is 0 Å². The van der Waals surface area contributed by atoms with E-state index < -0.39 is 10.0 Å². The van der Waals surface area contributed by atoms with Gasteiger partial charge in [0.25, 0.3) is 5.91 Å². The maximum Gasteiger partial charge on any atom is 0.279 e. The quantitative estimate of drug-likeness (QED) is 0.648. The number of hydrogen-bond donors (Lipinski definition) is 2. The molecule has 3 rings (SSSR count). The maximum absolute atomic E-state index is 12.8.